The van der Waals surface area contributed by atoms with Crippen molar-refractivity contribution in [3.63, 3.8) is 0 Å². The van der Waals surface area contributed by atoms with Gasteiger partial charge in [0.1, 0.15) is 5.82 Å². The zero-order chi connectivity index (χ0) is 30.7. The summed E-state index contributed by atoms with van der Waals surface area (Å²) in [7, 11) is -4.11. The number of rotatable bonds is 6. The standard InChI is InChI=1S/C30H28ClF4N3O4S/c31-24-14-19(30(33,34)35)15-36-25(24)16-37-28(40)18-3-8-26-23(13-18)29(11-9-21(39)10-12-29)27(17-1-2-17)38(26)43(41,42)22-6-4-20(32)5-7-22/h3-8,13-15,17,21,27,39H,1-2,9-12,16H2,(H,37,40). The van der Waals surface area contributed by atoms with Gasteiger partial charge < -0.3 is 10.4 Å². The van der Waals surface area contributed by atoms with E-state index in [-0.39, 0.29) is 33.6 Å². The molecule has 3 aromatic rings. The highest BCUT2D eigenvalue weighted by molar-refractivity contribution is 7.92. The third-order valence-corrected chi connectivity index (χ3v) is 10.9. The summed E-state index contributed by atoms with van der Waals surface area (Å²) >= 11 is 6.00. The second kappa shape index (κ2) is 10.7. The SMILES string of the molecule is O=C(NCc1ncc(C(F)(F)F)cc1Cl)c1ccc2c(c1)C1(CCC(O)CC1)C(C1CC1)N2S(=O)(=O)c1ccc(F)cc1. The molecule has 3 aliphatic rings. The summed E-state index contributed by atoms with van der Waals surface area (Å²) in [6.07, 6.45) is -0.795. The summed E-state index contributed by atoms with van der Waals surface area (Å²) in [5.74, 6) is -1.00. The van der Waals surface area contributed by atoms with E-state index in [2.05, 4.69) is 10.3 Å². The minimum absolute atomic E-state index is 0.0406. The number of anilines is 1. The number of alkyl halides is 3. The van der Waals surface area contributed by atoms with Crippen molar-refractivity contribution in [2.75, 3.05) is 4.31 Å². The molecule has 7 nitrogen and oxygen atoms in total. The third-order valence-electron chi connectivity index (χ3n) is 8.80. The van der Waals surface area contributed by atoms with E-state index in [9.17, 15) is 35.9 Å². The maximum atomic E-state index is 14.1. The summed E-state index contributed by atoms with van der Waals surface area (Å²) in [5.41, 5.74) is -0.200. The molecule has 0 saturated heterocycles. The molecule has 0 bridgehead atoms. The second-order valence-corrected chi connectivity index (χ2v) is 13.7. The van der Waals surface area contributed by atoms with Gasteiger partial charge in [-0.3, -0.25) is 14.1 Å². The Kier molecular flexibility index (Phi) is 7.45. The maximum Gasteiger partial charge on any atom is 0.417 e. The number of aromatic nitrogens is 1. The molecule has 1 unspecified atom stereocenters. The Labute approximate surface area is 250 Å². The van der Waals surface area contributed by atoms with E-state index in [1.807, 2.05) is 0 Å². The number of pyridine rings is 1. The molecular formula is C30H28ClF4N3O4S. The van der Waals surface area contributed by atoms with Gasteiger partial charge in [0.15, 0.2) is 0 Å². The second-order valence-electron chi connectivity index (χ2n) is 11.5. The Bertz CT molecular complexity index is 1670. The van der Waals surface area contributed by atoms with Crippen LogP contribution < -0.4 is 9.62 Å². The Morgan fingerprint density at radius 3 is 2.35 bits per heavy atom. The number of nitrogens with zero attached hydrogens (tertiary/aromatic N) is 2. The molecule has 1 amide bonds. The largest absolute Gasteiger partial charge is 0.417 e. The molecule has 2 saturated carbocycles. The van der Waals surface area contributed by atoms with Crippen molar-refractivity contribution in [3.8, 4) is 0 Å². The van der Waals surface area contributed by atoms with Gasteiger partial charge in [-0.05, 0) is 98.5 Å². The van der Waals surface area contributed by atoms with Crippen LogP contribution in [0.3, 0.4) is 0 Å². The van der Waals surface area contributed by atoms with Gasteiger partial charge in [0, 0.05) is 17.2 Å². The van der Waals surface area contributed by atoms with Crippen molar-refractivity contribution in [1.29, 1.82) is 0 Å². The van der Waals surface area contributed by atoms with Crippen LogP contribution >= 0.6 is 11.6 Å². The monoisotopic (exact) mass is 637 g/mol. The number of amides is 1. The molecule has 2 aromatic carbocycles. The number of aliphatic hydroxyl groups is 1. The number of halogens is 5. The lowest BCUT2D eigenvalue weighted by Gasteiger charge is -2.43. The molecule has 0 radical (unpaired) electrons. The Morgan fingerprint density at radius 2 is 1.74 bits per heavy atom. The minimum Gasteiger partial charge on any atom is -0.393 e. The number of sulfonamides is 1. The number of benzene rings is 2. The van der Waals surface area contributed by atoms with E-state index < -0.39 is 51.0 Å². The molecule has 2 fully saturated rings. The van der Waals surface area contributed by atoms with Gasteiger partial charge in [0.25, 0.3) is 15.9 Å². The van der Waals surface area contributed by atoms with Crippen molar-refractivity contribution >= 4 is 33.2 Å². The van der Waals surface area contributed by atoms with Crippen LogP contribution in [0.15, 0.2) is 59.6 Å². The minimum atomic E-state index is -4.61. The lowest BCUT2D eigenvalue weighted by atomic mass is 9.64. The van der Waals surface area contributed by atoms with Crippen LogP contribution in [0.2, 0.25) is 5.02 Å². The summed E-state index contributed by atoms with van der Waals surface area (Å²) in [6, 6.07) is 9.80. The summed E-state index contributed by atoms with van der Waals surface area (Å²) < 4.78 is 82.3. The van der Waals surface area contributed by atoms with Crippen molar-refractivity contribution in [3.05, 3.63) is 88.0 Å². The first-order valence-electron chi connectivity index (χ1n) is 13.9. The molecule has 1 atom stereocenters. The number of fused-ring (bicyclic) bond motifs is 2. The first kappa shape index (κ1) is 29.8. The third kappa shape index (κ3) is 5.38. The Balaban J connectivity index is 1.36. The predicted molar refractivity (Wildman–Crippen MR) is 151 cm³/mol. The van der Waals surface area contributed by atoms with Crippen molar-refractivity contribution < 1.29 is 35.9 Å². The van der Waals surface area contributed by atoms with Gasteiger partial charge in [-0.1, -0.05) is 11.6 Å². The van der Waals surface area contributed by atoms with Crippen molar-refractivity contribution in [2.45, 2.75) is 73.7 Å². The van der Waals surface area contributed by atoms with Gasteiger partial charge in [-0.15, -0.1) is 0 Å². The summed E-state index contributed by atoms with van der Waals surface area (Å²) in [4.78, 5) is 17.0. The van der Waals surface area contributed by atoms with Gasteiger partial charge in [0.05, 0.1) is 45.6 Å². The lowest BCUT2D eigenvalue weighted by molar-refractivity contribution is -0.137. The number of carbonyl (C=O) groups excluding carboxylic acids is 1. The van der Waals surface area contributed by atoms with Gasteiger partial charge in [0.2, 0.25) is 0 Å². The highest BCUT2D eigenvalue weighted by Gasteiger charge is 2.60. The fourth-order valence-electron chi connectivity index (χ4n) is 6.56. The number of hydrogen-bond acceptors (Lipinski definition) is 5. The molecule has 2 heterocycles. The van der Waals surface area contributed by atoms with E-state index in [1.54, 1.807) is 12.1 Å². The average molecular weight is 638 g/mol. The number of hydrogen-bond donors (Lipinski definition) is 2. The normalized spacial score (nSPS) is 23.8. The average Bonchev–Trinajstić information content (AvgIpc) is 3.76. The fraction of sp³-hybridized carbons (Fsp3) is 0.400. The maximum absolute atomic E-state index is 14.1. The molecule has 43 heavy (non-hydrogen) atoms. The van der Waals surface area contributed by atoms with E-state index in [0.717, 1.165) is 31.0 Å². The zero-order valence-corrected chi connectivity index (χ0v) is 24.3. The highest BCUT2D eigenvalue weighted by atomic mass is 35.5. The molecule has 1 aliphatic heterocycles. The molecule has 1 spiro atoms. The zero-order valence-electron chi connectivity index (χ0n) is 22.7. The van der Waals surface area contributed by atoms with Crippen LogP contribution in [-0.2, 0) is 28.2 Å². The number of carbonyl (C=O) groups is 1. The van der Waals surface area contributed by atoms with Crippen LogP contribution in [0.25, 0.3) is 0 Å². The van der Waals surface area contributed by atoms with Crippen molar-refractivity contribution in [2.24, 2.45) is 5.92 Å². The van der Waals surface area contributed by atoms with Gasteiger partial charge in [-0.25, -0.2) is 12.8 Å². The van der Waals surface area contributed by atoms with Crippen molar-refractivity contribution in [1.82, 2.24) is 10.3 Å². The first-order chi connectivity index (χ1) is 20.3. The summed E-state index contributed by atoms with van der Waals surface area (Å²) in [6.45, 7) is -0.222. The molecule has 6 rings (SSSR count). The number of nitrogens with one attached hydrogen (secondary N) is 1. The quantitative estimate of drug-likeness (QED) is 0.324. The van der Waals surface area contributed by atoms with Crippen LogP contribution in [0, 0.1) is 11.7 Å². The molecule has 2 N–H and O–H groups in total. The van der Waals surface area contributed by atoms with Gasteiger partial charge >= 0.3 is 6.18 Å². The topological polar surface area (TPSA) is 99.6 Å². The van der Waals surface area contributed by atoms with E-state index >= 15 is 0 Å². The first-order valence-corrected chi connectivity index (χ1v) is 15.8. The Morgan fingerprint density at radius 1 is 1.07 bits per heavy atom. The smallest absolute Gasteiger partial charge is 0.393 e. The van der Waals surface area contributed by atoms with E-state index in [1.165, 1.54) is 22.5 Å². The van der Waals surface area contributed by atoms with Crippen LogP contribution in [0.4, 0.5) is 23.2 Å². The van der Waals surface area contributed by atoms with Crippen LogP contribution in [0.1, 0.15) is 65.7 Å². The molecule has 228 valence electrons. The number of aliphatic hydroxyl groups excluding tert-OH is 1. The Hall–Kier alpha value is -3.22. The molecular weight excluding hydrogens is 610 g/mol. The highest BCUT2D eigenvalue weighted by Crippen LogP contribution is 2.60. The predicted octanol–water partition coefficient (Wildman–Crippen LogP) is 5.98. The fourth-order valence-corrected chi connectivity index (χ4v) is 8.59. The lowest BCUT2D eigenvalue weighted by Crippen LogP contribution is -2.50. The molecule has 13 heteroatoms. The van der Waals surface area contributed by atoms with E-state index in [4.69, 9.17) is 11.6 Å². The molecule has 2 aliphatic carbocycles. The van der Waals surface area contributed by atoms with Gasteiger partial charge in [-0.2, -0.15) is 13.2 Å². The van der Waals surface area contributed by atoms with Crippen LogP contribution in [-0.4, -0.2) is 36.6 Å². The van der Waals surface area contributed by atoms with Crippen LogP contribution in [0.5, 0.6) is 0 Å². The molecule has 1 aromatic heterocycles. The summed E-state index contributed by atoms with van der Waals surface area (Å²) in [5, 5.41) is 12.8. The van der Waals surface area contributed by atoms with E-state index in [0.29, 0.717) is 43.1 Å².